The van der Waals surface area contributed by atoms with E-state index in [4.69, 9.17) is 5.73 Å². The van der Waals surface area contributed by atoms with E-state index in [1.807, 2.05) is 6.07 Å². The highest BCUT2D eigenvalue weighted by atomic mass is 19.4. The van der Waals surface area contributed by atoms with Gasteiger partial charge in [0.05, 0.1) is 23.9 Å². The molecule has 6 rings (SSSR count). The molecule has 3 aromatic rings. The predicted molar refractivity (Wildman–Crippen MR) is 123 cm³/mol. The minimum Gasteiger partial charge on any atom is -0.383 e. The van der Waals surface area contributed by atoms with Crippen LogP contribution in [0.2, 0.25) is 0 Å². The molecule has 2 amide bonds. The molecular weight excluding hydrogens is 477 g/mol. The Bertz CT molecular complexity index is 1430. The Hall–Kier alpha value is -3.77. The van der Waals surface area contributed by atoms with Crippen molar-refractivity contribution in [3.63, 3.8) is 0 Å². The molecule has 2 saturated carbocycles. The van der Waals surface area contributed by atoms with E-state index in [-0.39, 0.29) is 34.8 Å². The molecule has 10 nitrogen and oxygen atoms in total. The maximum Gasteiger partial charge on any atom is 0.390 e. The molecule has 4 N–H and O–H groups in total. The number of anilines is 2. The molecule has 188 valence electrons. The van der Waals surface area contributed by atoms with E-state index in [9.17, 15) is 22.8 Å². The van der Waals surface area contributed by atoms with E-state index in [1.54, 1.807) is 6.07 Å². The summed E-state index contributed by atoms with van der Waals surface area (Å²) in [5, 5.41) is 10.3. The topological polar surface area (TPSA) is 141 Å². The normalized spacial score (nSPS) is 21.5. The quantitative estimate of drug-likeness (QED) is 0.442. The van der Waals surface area contributed by atoms with Crippen LogP contribution >= 0.6 is 0 Å². The summed E-state index contributed by atoms with van der Waals surface area (Å²) in [5.74, 6) is -0.743. The molecule has 0 saturated heterocycles. The molecule has 13 heteroatoms. The molecule has 3 aromatic heterocycles. The van der Waals surface area contributed by atoms with Crippen LogP contribution in [-0.4, -0.2) is 48.8 Å². The van der Waals surface area contributed by atoms with Crippen molar-refractivity contribution in [2.75, 3.05) is 11.1 Å². The van der Waals surface area contributed by atoms with Crippen molar-refractivity contribution in [3.05, 3.63) is 23.4 Å². The molecule has 1 aliphatic heterocycles. The molecule has 3 aliphatic rings. The van der Waals surface area contributed by atoms with Crippen LogP contribution in [0.15, 0.2) is 12.1 Å². The number of rotatable bonds is 6. The fourth-order valence-corrected chi connectivity index (χ4v) is 4.51. The van der Waals surface area contributed by atoms with Gasteiger partial charge in [0.15, 0.2) is 16.9 Å². The Morgan fingerprint density at radius 3 is 2.64 bits per heavy atom. The van der Waals surface area contributed by atoms with E-state index in [2.05, 4.69) is 30.7 Å². The number of hydrogen-bond acceptors (Lipinski definition) is 7. The lowest BCUT2D eigenvalue weighted by Crippen LogP contribution is -2.48. The maximum atomic E-state index is 13.0. The molecule has 1 atom stereocenters. The molecule has 36 heavy (non-hydrogen) atoms. The van der Waals surface area contributed by atoms with Gasteiger partial charge >= 0.3 is 6.18 Å². The van der Waals surface area contributed by atoms with Gasteiger partial charge in [-0.2, -0.15) is 18.3 Å². The zero-order valence-corrected chi connectivity index (χ0v) is 19.3. The maximum absolute atomic E-state index is 13.0. The zero-order valence-electron chi connectivity index (χ0n) is 19.3. The van der Waals surface area contributed by atoms with Crippen molar-refractivity contribution in [1.29, 1.82) is 0 Å². The summed E-state index contributed by atoms with van der Waals surface area (Å²) in [5.41, 5.74) is 6.12. The van der Waals surface area contributed by atoms with E-state index < -0.39 is 36.4 Å². The SMILES string of the molecule is CC1(C(=O)NC2CC2)C(=O)Nc2nc(-c3nn(CCC(F)(F)F)c4nc(C5CC5)ccc34)nc(N)c21. The first-order chi connectivity index (χ1) is 17.0. The number of nitrogen functional groups attached to an aromatic ring is 1. The first kappa shape index (κ1) is 22.7. The van der Waals surface area contributed by atoms with Gasteiger partial charge in [0.2, 0.25) is 11.8 Å². The average Bonchev–Trinajstić information content (AvgIpc) is 3.74. The van der Waals surface area contributed by atoms with Gasteiger partial charge in [0, 0.05) is 17.7 Å². The lowest BCUT2D eigenvalue weighted by atomic mass is 9.83. The Kier molecular flexibility index (Phi) is 4.80. The van der Waals surface area contributed by atoms with Gasteiger partial charge in [-0.3, -0.25) is 9.59 Å². The molecule has 0 bridgehead atoms. The number of halogens is 3. The Balaban J connectivity index is 1.43. The molecule has 1 unspecified atom stereocenters. The van der Waals surface area contributed by atoms with Crippen LogP contribution in [0.3, 0.4) is 0 Å². The van der Waals surface area contributed by atoms with Crippen LogP contribution in [0.25, 0.3) is 22.6 Å². The van der Waals surface area contributed by atoms with Crippen molar-refractivity contribution >= 4 is 34.5 Å². The molecule has 4 heterocycles. The van der Waals surface area contributed by atoms with Gasteiger partial charge < -0.3 is 16.4 Å². The number of aromatic nitrogens is 5. The zero-order chi connectivity index (χ0) is 25.4. The van der Waals surface area contributed by atoms with Crippen molar-refractivity contribution in [1.82, 2.24) is 30.0 Å². The molecule has 0 radical (unpaired) electrons. The first-order valence-corrected chi connectivity index (χ1v) is 11.8. The van der Waals surface area contributed by atoms with Crippen LogP contribution in [0.4, 0.5) is 24.8 Å². The summed E-state index contributed by atoms with van der Waals surface area (Å²) < 4.78 is 40.1. The van der Waals surface area contributed by atoms with Gasteiger partial charge in [-0.15, -0.1) is 0 Å². The number of nitrogens with one attached hydrogen (secondary N) is 2. The second-order valence-electron chi connectivity index (χ2n) is 9.80. The number of pyridine rings is 1. The monoisotopic (exact) mass is 500 g/mol. The third-order valence-corrected chi connectivity index (χ3v) is 6.92. The number of carbonyl (C=O) groups excluding carboxylic acids is 2. The summed E-state index contributed by atoms with van der Waals surface area (Å²) in [7, 11) is 0. The molecule has 0 spiro atoms. The highest BCUT2D eigenvalue weighted by molar-refractivity contribution is 6.21. The lowest BCUT2D eigenvalue weighted by molar-refractivity contribution is -0.137. The van der Waals surface area contributed by atoms with Crippen molar-refractivity contribution < 1.29 is 22.8 Å². The number of nitrogens with zero attached hydrogens (tertiary/aromatic N) is 5. The number of fused-ring (bicyclic) bond motifs is 2. The van der Waals surface area contributed by atoms with Crippen LogP contribution in [0.5, 0.6) is 0 Å². The highest BCUT2D eigenvalue weighted by Crippen LogP contribution is 2.43. The van der Waals surface area contributed by atoms with Gasteiger partial charge in [-0.1, -0.05) is 0 Å². The summed E-state index contributed by atoms with van der Waals surface area (Å²) in [6.07, 6.45) is -1.77. The average molecular weight is 500 g/mol. The summed E-state index contributed by atoms with van der Waals surface area (Å²) >= 11 is 0. The number of hydrogen-bond donors (Lipinski definition) is 3. The smallest absolute Gasteiger partial charge is 0.383 e. The number of nitrogens with two attached hydrogens (primary N) is 1. The minimum atomic E-state index is -4.36. The number of amides is 2. The van der Waals surface area contributed by atoms with Crippen molar-refractivity contribution in [2.24, 2.45) is 0 Å². The number of aryl methyl sites for hydroxylation is 1. The van der Waals surface area contributed by atoms with Crippen LogP contribution in [0, 0.1) is 0 Å². The summed E-state index contributed by atoms with van der Waals surface area (Å²) in [6, 6.07) is 3.62. The second kappa shape index (κ2) is 7.61. The van der Waals surface area contributed by atoms with E-state index in [0.717, 1.165) is 31.4 Å². The Labute approximate surface area is 202 Å². The lowest BCUT2D eigenvalue weighted by Gasteiger charge is -2.21. The molecule has 2 fully saturated rings. The van der Waals surface area contributed by atoms with Gasteiger partial charge in [0.25, 0.3) is 0 Å². The molecule has 2 aliphatic carbocycles. The summed E-state index contributed by atoms with van der Waals surface area (Å²) in [6.45, 7) is 1.05. The molecular formula is C23H23F3N8O2. The third kappa shape index (κ3) is 3.73. The van der Waals surface area contributed by atoms with Crippen LogP contribution < -0.4 is 16.4 Å². The third-order valence-electron chi connectivity index (χ3n) is 6.92. The largest absolute Gasteiger partial charge is 0.390 e. The van der Waals surface area contributed by atoms with Crippen LogP contribution in [0.1, 0.15) is 56.2 Å². The van der Waals surface area contributed by atoms with Crippen LogP contribution in [-0.2, 0) is 21.5 Å². The van der Waals surface area contributed by atoms with E-state index in [1.165, 1.54) is 11.6 Å². The van der Waals surface area contributed by atoms with Gasteiger partial charge in [-0.05, 0) is 44.7 Å². The van der Waals surface area contributed by atoms with E-state index >= 15 is 0 Å². The fourth-order valence-electron chi connectivity index (χ4n) is 4.51. The Morgan fingerprint density at radius 2 is 1.97 bits per heavy atom. The van der Waals surface area contributed by atoms with Crippen molar-refractivity contribution in [2.45, 2.75) is 69.1 Å². The van der Waals surface area contributed by atoms with E-state index in [0.29, 0.717) is 17.0 Å². The number of alkyl halides is 3. The molecule has 0 aromatic carbocycles. The fraction of sp³-hybridized carbons (Fsp3) is 0.478. The van der Waals surface area contributed by atoms with Gasteiger partial charge in [-0.25, -0.2) is 19.6 Å². The van der Waals surface area contributed by atoms with Crippen molar-refractivity contribution in [3.8, 4) is 11.5 Å². The summed E-state index contributed by atoms with van der Waals surface area (Å²) in [4.78, 5) is 39.1. The first-order valence-electron chi connectivity index (χ1n) is 11.8. The van der Waals surface area contributed by atoms with Gasteiger partial charge in [0.1, 0.15) is 17.3 Å². The Morgan fingerprint density at radius 1 is 1.22 bits per heavy atom. The number of carbonyl (C=O) groups is 2. The second-order valence-corrected chi connectivity index (χ2v) is 9.80. The highest BCUT2D eigenvalue weighted by Gasteiger charge is 2.53. The minimum absolute atomic E-state index is 0.0233. The standard InChI is InChI=1S/C23H23F3N8O2/c1-22(20(35)28-11-4-5-11)14-16(27)30-18(31-17(14)32-21(22)36)15-12-6-7-13(10-2-3-10)29-19(12)34(33-15)9-8-23(24,25)26/h6-7,10-11H,2-5,8-9H2,1H3,(H,28,35)(H3,27,30,31,32,36). The predicted octanol–water partition coefficient (Wildman–Crippen LogP) is 2.79.